The largest absolute Gasteiger partial charge is 0.508 e. The van der Waals surface area contributed by atoms with Gasteiger partial charge in [-0.2, -0.15) is 10.2 Å². The first-order chi connectivity index (χ1) is 19.1. The number of piperazine rings is 1. The third-order valence-electron chi connectivity index (χ3n) is 9.22. The number of phenols is 1. The Morgan fingerprint density at radius 3 is 2.62 bits per heavy atom. The molecule has 5 heterocycles. The number of phenolic OH excluding ortho intramolecular Hbond substituents is 1. The second-order valence-corrected chi connectivity index (χ2v) is 11.7. The molecule has 1 aromatic heterocycles. The molecule has 210 valence electrons. The van der Waals surface area contributed by atoms with E-state index in [1.54, 1.807) is 0 Å². The zero-order valence-corrected chi connectivity index (χ0v) is 23.8. The molecule has 4 aliphatic rings. The van der Waals surface area contributed by atoms with E-state index in [2.05, 4.69) is 39.2 Å². The minimum Gasteiger partial charge on any atom is -0.508 e. The number of fused-ring (bicyclic) bond motifs is 4. The number of ether oxygens (including phenoxy) is 1. The highest BCUT2D eigenvalue weighted by Crippen LogP contribution is 2.40. The molecular weight excluding hydrogens is 524 g/mol. The Balaban J connectivity index is 0.00000289. The van der Waals surface area contributed by atoms with Crippen molar-refractivity contribution in [1.82, 2.24) is 15.2 Å². The van der Waals surface area contributed by atoms with Crippen LogP contribution in [-0.4, -0.2) is 72.9 Å². The smallest absolute Gasteiger partial charge is 0.234 e. The molecule has 4 aliphatic heterocycles. The molecule has 3 fully saturated rings. The number of nitrogens with one attached hydrogen (secondary N) is 1. The first-order valence-electron chi connectivity index (χ1n) is 14.3. The summed E-state index contributed by atoms with van der Waals surface area (Å²) in [4.78, 5) is 12.2. The van der Waals surface area contributed by atoms with Crippen LogP contribution in [0.1, 0.15) is 42.4 Å². The van der Waals surface area contributed by atoms with Crippen LogP contribution in [0.25, 0.3) is 10.8 Å². The number of likely N-dealkylation sites (tertiary alicyclic amines) is 1. The van der Waals surface area contributed by atoms with Gasteiger partial charge in [-0.3, -0.25) is 0 Å². The van der Waals surface area contributed by atoms with Crippen LogP contribution in [0.4, 0.5) is 11.5 Å². The number of hydrogen-bond acceptors (Lipinski definition) is 8. The maximum absolute atomic E-state index is 10.5. The van der Waals surface area contributed by atoms with Crippen molar-refractivity contribution in [3.63, 3.8) is 0 Å². The molecule has 0 radical (unpaired) electrons. The molecule has 2 aromatic carbocycles. The molecule has 0 aliphatic carbocycles. The van der Waals surface area contributed by atoms with Crippen LogP contribution in [0.15, 0.2) is 36.4 Å². The number of halogens is 1. The lowest BCUT2D eigenvalue weighted by atomic mass is 9.94. The number of nitrogens with zero attached hydrogens (tertiary/aromatic N) is 5. The molecule has 7 rings (SSSR count). The summed E-state index contributed by atoms with van der Waals surface area (Å²) in [5, 5.41) is 26.8. The van der Waals surface area contributed by atoms with Crippen molar-refractivity contribution in [1.29, 1.82) is 5.26 Å². The van der Waals surface area contributed by atoms with Crippen molar-refractivity contribution in [3.05, 3.63) is 53.1 Å². The predicted molar refractivity (Wildman–Crippen MR) is 160 cm³/mol. The summed E-state index contributed by atoms with van der Waals surface area (Å²) in [6.07, 6.45) is 5.48. The summed E-state index contributed by atoms with van der Waals surface area (Å²) in [6.45, 7) is 4.88. The highest BCUT2D eigenvalue weighted by molar-refractivity contribution is 5.95. The predicted octanol–water partition coefficient (Wildman–Crippen LogP) is 4.21. The molecule has 0 saturated carbocycles. The fourth-order valence-corrected chi connectivity index (χ4v) is 7.15. The summed E-state index contributed by atoms with van der Waals surface area (Å²) in [6, 6.07) is 15.6. The molecule has 3 saturated heterocycles. The van der Waals surface area contributed by atoms with E-state index in [-0.39, 0.29) is 18.2 Å². The van der Waals surface area contributed by atoms with E-state index in [0.29, 0.717) is 42.7 Å². The van der Waals surface area contributed by atoms with Gasteiger partial charge in [0.05, 0.1) is 0 Å². The number of aromatic hydroxyl groups is 1. The summed E-state index contributed by atoms with van der Waals surface area (Å²) in [5.41, 5.74) is 3.75. The average molecular weight is 561 g/mol. The van der Waals surface area contributed by atoms with Crippen LogP contribution >= 0.6 is 12.4 Å². The average Bonchev–Trinajstić information content (AvgIpc) is 3.53. The van der Waals surface area contributed by atoms with Crippen LogP contribution in [-0.2, 0) is 13.0 Å². The summed E-state index contributed by atoms with van der Waals surface area (Å²) >= 11 is 0. The van der Waals surface area contributed by atoms with Gasteiger partial charge in [0.2, 0.25) is 5.88 Å². The first-order valence-corrected chi connectivity index (χ1v) is 14.3. The van der Waals surface area contributed by atoms with Crippen LogP contribution in [0.3, 0.4) is 0 Å². The van der Waals surface area contributed by atoms with Crippen molar-refractivity contribution >= 4 is 34.7 Å². The van der Waals surface area contributed by atoms with Crippen molar-refractivity contribution in [2.75, 3.05) is 49.6 Å². The van der Waals surface area contributed by atoms with Gasteiger partial charge in [0.15, 0.2) is 0 Å². The minimum absolute atomic E-state index is 0. The van der Waals surface area contributed by atoms with E-state index >= 15 is 0 Å². The fourth-order valence-electron chi connectivity index (χ4n) is 7.15. The lowest BCUT2D eigenvalue weighted by Gasteiger charge is -2.38. The van der Waals surface area contributed by atoms with Gasteiger partial charge in [0.25, 0.3) is 0 Å². The molecule has 3 atom stereocenters. The van der Waals surface area contributed by atoms with Crippen LogP contribution in [0.5, 0.6) is 11.6 Å². The number of benzene rings is 2. The molecule has 2 N–H and O–H groups in total. The Hall–Kier alpha value is -3.25. The standard InChI is InChI=1S/C31H36N6O2.ClH/c1-35-11-4-6-23(35)19-39-31-27(15-32)28-18-36(29-14-24(38)13-20-5-2-3-7-25(20)29)12-10-26(28)30(34-31)37-16-21-8-9-22(17-37)33-21;/h2-3,5,7,13-14,21-23,33,38H,4,6,8-12,16-19H2,1H3;1H. The summed E-state index contributed by atoms with van der Waals surface area (Å²) in [7, 11) is 2.14. The Labute approximate surface area is 241 Å². The molecule has 9 heteroatoms. The second-order valence-electron chi connectivity index (χ2n) is 11.7. The molecule has 0 spiro atoms. The third kappa shape index (κ3) is 4.81. The fraction of sp³-hybridized carbons (Fsp3) is 0.484. The van der Waals surface area contributed by atoms with Gasteiger partial charge in [-0.25, -0.2) is 0 Å². The van der Waals surface area contributed by atoms with Gasteiger partial charge in [-0.15, -0.1) is 12.4 Å². The maximum atomic E-state index is 10.5. The van der Waals surface area contributed by atoms with Gasteiger partial charge >= 0.3 is 0 Å². The minimum atomic E-state index is 0. The molecular formula is C31H37ClN6O2. The number of pyridine rings is 1. The number of rotatable bonds is 5. The third-order valence-corrected chi connectivity index (χ3v) is 9.22. The zero-order chi connectivity index (χ0) is 26.5. The van der Waals surface area contributed by atoms with Crippen LogP contribution in [0, 0.1) is 11.3 Å². The van der Waals surface area contributed by atoms with Gasteiger partial charge in [-0.05, 0) is 57.1 Å². The number of anilines is 2. The number of likely N-dealkylation sites (N-methyl/N-ethyl adjacent to an activating group) is 1. The first kappa shape index (κ1) is 26.9. The van der Waals surface area contributed by atoms with E-state index in [1.807, 2.05) is 30.3 Å². The molecule has 3 unspecified atom stereocenters. The number of nitriles is 1. The van der Waals surface area contributed by atoms with Gasteiger partial charge in [-0.1, -0.05) is 24.3 Å². The Kier molecular flexibility index (Phi) is 7.39. The number of aromatic nitrogens is 1. The van der Waals surface area contributed by atoms with Crippen LogP contribution < -0.4 is 19.9 Å². The monoisotopic (exact) mass is 560 g/mol. The van der Waals surface area contributed by atoms with Crippen molar-refractivity contribution in [2.24, 2.45) is 0 Å². The molecule has 0 amide bonds. The SMILES string of the molecule is CN1CCCC1COc1nc(N2CC3CCC(C2)N3)c2c(c1C#N)CN(c1cc(O)cc3ccccc13)CC2.Cl. The molecule has 3 aromatic rings. The summed E-state index contributed by atoms with van der Waals surface area (Å²) in [5.74, 6) is 1.73. The van der Waals surface area contributed by atoms with Crippen LogP contribution in [0.2, 0.25) is 0 Å². The van der Waals surface area contributed by atoms with E-state index in [0.717, 1.165) is 66.9 Å². The van der Waals surface area contributed by atoms with Crippen molar-refractivity contribution in [3.8, 4) is 17.7 Å². The van der Waals surface area contributed by atoms with Gasteiger partial charge < -0.3 is 29.9 Å². The Morgan fingerprint density at radius 1 is 1.07 bits per heavy atom. The number of hydrogen-bond donors (Lipinski definition) is 2. The quantitative estimate of drug-likeness (QED) is 0.480. The van der Waals surface area contributed by atoms with Crippen molar-refractivity contribution in [2.45, 2.75) is 56.8 Å². The maximum Gasteiger partial charge on any atom is 0.234 e. The highest BCUT2D eigenvalue weighted by atomic mass is 35.5. The lowest BCUT2D eigenvalue weighted by molar-refractivity contribution is 0.192. The van der Waals surface area contributed by atoms with E-state index in [1.165, 1.54) is 24.8 Å². The second kappa shape index (κ2) is 11.0. The zero-order valence-electron chi connectivity index (χ0n) is 23.0. The van der Waals surface area contributed by atoms with Gasteiger partial charge in [0, 0.05) is 72.6 Å². The molecule has 8 nitrogen and oxygen atoms in total. The molecule has 2 bridgehead atoms. The normalized spacial score (nSPS) is 24.1. The topological polar surface area (TPSA) is 87.9 Å². The van der Waals surface area contributed by atoms with E-state index < -0.39 is 0 Å². The van der Waals surface area contributed by atoms with E-state index in [9.17, 15) is 10.4 Å². The lowest BCUT2D eigenvalue weighted by Crippen LogP contribution is -2.52. The van der Waals surface area contributed by atoms with E-state index in [4.69, 9.17) is 9.72 Å². The highest BCUT2D eigenvalue weighted by Gasteiger charge is 2.36. The van der Waals surface area contributed by atoms with Crippen molar-refractivity contribution < 1.29 is 9.84 Å². The molecule has 40 heavy (non-hydrogen) atoms. The summed E-state index contributed by atoms with van der Waals surface area (Å²) < 4.78 is 6.40. The Morgan fingerprint density at radius 2 is 1.88 bits per heavy atom. The Bertz CT molecular complexity index is 1450. The van der Waals surface area contributed by atoms with Gasteiger partial charge in [0.1, 0.15) is 29.8 Å².